The molecule has 2 aromatic heterocycles. The van der Waals surface area contributed by atoms with Gasteiger partial charge in [-0.2, -0.15) is 0 Å². The largest absolute Gasteiger partial charge is 0.376 e. The van der Waals surface area contributed by atoms with E-state index in [4.69, 9.17) is 4.74 Å². The van der Waals surface area contributed by atoms with Crippen LogP contribution in [-0.2, 0) is 11.3 Å². The summed E-state index contributed by atoms with van der Waals surface area (Å²) < 4.78 is 8.05. The van der Waals surface area contributed by atoms with E-state index in [9.17, 15) is 0 Å². The summed E-state index contributed by atoms with van der Waals surface area (Å²) in [6.07, 6.45) is 4.56. The molecule has 23 heavy (non-hydrogen) atoms. The average Bonchev–Trinajstić information content (AvgIpc) is 3.29. The van der Waals surface area contributed by atoms with Crippen LogP contribution < -0.4 is 0 Å². The van der Waals surface area contributed by atoms with Crippen molar-refractivity contribution >= 4 is 22.7 Å². The first-order valence-electron chi connectivity index (χ1n) is 8.11. The maximum atomic E-state index is 5.83. The summed E-state index contributed by atoms with van der Waals surface area (Å²) in [6.45, 7) is 3.83. The zero-order valence-electron chi connectivity index (χ0n) is 13.2. The minimum atomic E-state index is 0.270. The molecule has 3 aromatic rings. The number of aromatic nitrogens is 4. The van der Waals surface area contributed by atoms with Crippen LogP contribution >= 0.6 is 11.8 Å². The van der Waals surface area contributed by atoms with Crippen molar-refractivity contribution in [3.63, 3.8) is 0 Å². The zero-order chi connectivity index (χ0) is 15.6. The second-order valence-corrected chi connectivity index (χ2v) is 6.96. The number of H-pyrrole nitrogens is 1. The van der Waals surface area contributed by atoms with Crippen LogP contribution in [0.4, 0.5) is 0 Å². The average molecular weight is 328 g/mol. The van der Waals surface area contributed by atoms with E-state index in [-0.39, 0.29) is 6.10 Å². The van der Waals surface area contributed by atoms with Crippen LogP contribution in [0.25, 0.3) is 22.3 Å². The first-order chi connectivity index (χ1) is 11.4. The van der Waals surface area contributed by atoms with Gasteiger partial charge >= 0.3 is 0 Å². The number of thioether (sulfide) groups is 1. The molecular formula is C17H20N4OS. The molecule has 4 rings (SSSR count). The summed E-state index contributed by atoms with van der Waals surface area (Å²) in [5.74, 6) is 1.91. The van der Waals surface area contributed by atoms with E-state index in [2.05, 4.69) is 44.9 Å². The molecular weight excluding hydrogens is 308 g/mol. The number of hydrogen-bond donors (Lipinski definition) is 1. The highest BCUT2D eigenvalue weighted by Gasteiger charge is 2.22. The molecule has 1 aliphatic rings. The maximum Gasteiger partial charge on any atom is 0.191 e. The van der Waals surface area contributed by atoms with Gasteiger partial charge in [-0.15, -0.1) is 10.2 Å². The standard InChI is InChI=1S/C17H20N4OS/c1-2-23-17-20-19-16(21(17)11-12-6-5-9-22-12)14-10-18-15-8-4-3-7-13(14)15/h3-4,7-8,10,12,18H,2,5-6,9,11H2,1H3. The SMILES string of the molecule is CCSc1nnc(-c2c[nH]c3ccccc23)n1CC1CCCO1. The molecule has 1 unspecified atom stereocenters. The third-order valence-electron chi connectivity index (χ3n) is 4.23. The number of nitrogens with zero attached hydrogens (tertiary/aromatic N) is 3. The van der Waals surface area contributed by atoms with Gasteiger partial charge in [0.15, 0.2) is 11.0 Å². The fourth-order valence-electron chi connectivity index (χ4n) is 3.14. The van der Waals surface area contributed by atoms with Crippen LogP contribution in [-0.4, -0.2) is 38.2 Å². The van der Waals surface area contributed by atoms with Gasteiger partial charge in [0, 0.05) is 29.3 Å². The van der Waals surface area contributed by atoms with Crippen LogP contribution in [0.5, 0.6) is 0 Å². The smallest absolute Gasteiger partial charge is 0.191 e. The lowest BCUT2D eigenvalue weighted by atomic mass is 10.1. The van der Waals surface area contributed by atoms with Gasteiger partial charge in [-0.3, -0.25) is 4.57 Å². The number of aromatic amines is 1. The van der Waals surface area contributed by atoms with Gasteiger partial charge in [0.2, 0.25) is 0 Å². The van der Waals surface area contributed by atoms with Gasteiger partial charge in [-0.1, -0.05) is 36.9 Å². The zero-order valence-corrected chi connectivity index (χ0v) is 14.0. The minimum absolute atomic E-state index is 0.270. The Labute approximate surface area is 139 Å². The predicted molar refractivity (Wildman–Crippen MR) is 92.7 cm³/mol. The van der Waals surface area contributed by atoms with Gasteiger partial charge in [0.1, 0.15) is 0 Å². The molecule has 120 valence electrons. The van der Waals surface area contributed by atoms with Crippen molar-refractivity contribution in [2.75, 3.05) is 12.4 Å². The summed E-state index contributed by atoms with van der Waals surface area (Å²) in [7, 11) is 0. The van der Waals surface area contributed by atoms with Crippen LogP contribution in [0.15, 0.2) is 35.6 Å². The third-order valence-corrected chi connectivity index (χ3v) is 5.08. The minimum Gasteiger partial charge on any atom is -0.376 e. The molecule has 0 saturated carbocycles. The normalized spacial score (nSPS) is 18.0. The molecule has 1 aliphatic heterocycles. The molecule has 3 heterocycles. The quantitative estimate of drug-likeness (QED) is 0.725. The van der Waals surface area contributed by atoms with Gasteiger partial charge < -0.3 is 9.72 Å². The molecule has 0 radical (unpaired) electrons. The monoisotopic (exact) mass is 328 g/mol. The summed E-state index contributed by atoms with van der Waals surface area (Å²) in [4.78, 5) is 3.33. The van der Waals surface area contributed by atoms with Crippen LogP contribution in [0, 0.1) is 0 Å². The lowest BCUT2D eigenvalue weighted by molar-refractivity contribution is 0.0953. The third kappa shape index (κ3) is 2.77. The first kappa shape index (κ1) is 14.8. The number of para-hydroxylation sites is 1. The van der Waals surface area contributed by atoms with Gasteiger partial charge in [0.05, 0.1) is 12.6 Å². The summed E-state index contributed by atoms with van der Waals surface area (Å²) in [5.41, 5.74) is 2.23. The molecule has 0 aliphatic carbocycles. The van der Waals surface area contributed by atoms with Gasteiger partial charge in [-0.25, -0.2) is 0 Å². The maximum absolute atomic E-state index is 5.83. The molecule has 0 bridgehead atoms. The molecule has 1 aromatic carbocycles. The molecule has 6 heteroatoms. The molecule has 1 N–H and O–H groups in total. The Morgan fingerprint density at radius 3 is 3.09 bits per heavy atom. The Morgan fingerprint density at radius 2 is 2.26 bits per heavy atom. The summed E-state index contributed by atoms with van der Waals surface area (Å²) >= 11 is 1.73. The van der Waals surface area contributed by atoms with E-state index in [1.54, 1.807) is 11.8 Å². The van der Waals surface area contributed by atoms with Gasteiger partial charge in [0.25, 0.3) is 0 Å². The van der Waals surface area contributed by atoms with E-state index in [0.29, 0.717) is 0 Å². The van der Waals surface area contributed by atoms with E-state index < -0.39 is 0 Å². The Hall–Kier alpha value is -1.79. The number of nitrogens with one attached hydrogen (secondary N) is 1. The van der Waals surface area contributed by atoms with Crippen molar-refractivity contribution in [2.45, 2.75) is 37.6 Å². The van der Waals surface area contributed by atoms with E-state index in [1.165, 1.54) is 5.39 Å². The van der Waals surface area contributed by atoms with Crippen molar-refractivity contribution in [1.82, 2.24) is 19.7 Å². The summed E-state index contributed by atoms with van der Waals surface area (Å²) in [6, 6.07) is 8.31. The highest BCUT2D eigenvalue weighted by molar-refractivity contribution is 7.99. The fourth-order valence-corrected chi connectivity index (χ4v) is 3.81. The van der Waals surface area contributed by atoms with E-state index in [1.807, 2.05) is 12.3 Å². The predicted octanol–water partition coefficient (Wildman–Crippen LogP) is 3.72. The lowest BCUT2D eigenvalue weighted by Crippen LogP contribution is -2.16. The topological polar surface area (TPSA) is 55.7 Å². The number of hydrogen-bond acceptors (Lipinski definition) is 4. The highest BCUT2D eigenvalue weighted by Crippen LogP contribution is 2.31. The van der Waals surface area contributed by atoms with Gasteiger partial charge in [-0.05, 0) is 24.7 Å². The van der Waals surface area contributed by atoms with Crippen LogP contribution in [0.3, 0.4) is 0 Å². The molecule has 1 fully saturated rings. The first-order valence-corrected chi connectivity index (χ1v) is 9.09. The van der Waals surface area contributed by atoms with Crippen LogP contribution in [0.1, 0.15) is 19.8 Å². The Kier molecular flexibility index (Phi) is 4.10. The van der Waals surface area contributed by atoms with Crippen molar-refractivity contribution in [3.05, 3.63) is 30.5 Å². The molecule has 0 amide bonds. The Morgan fingerprint density at radius 1 is 1.35 bits per heavy atom. The van der Waals surface area contributed by atoms with Crippen molar-refractivity contribution < 1.29 is 4.74 Å². The fraction of sp³-hybridized carbons (Fsp3) is 0.412. The van der Waals surface area contributed by atoms with E-state index in [0.717, 1.165) is 53.8 Å². The Bertz CT molecular complexity index is 804. The molecule has 5 nitrogen and oxygen atoms in total. The second-order valence-electron chi connectivity index (χ2n) is 5.73. The number of ether oxygens (including phenoxy) is 1. The van der Waals surface area contributed by atoms with Crippen molar-refractivity contribution in [1.29, 1.82) is 0 Å². The molecule has 1 saturated heterocycles. The summed E-state index contributed by atoms with van der Waals surface area (Å²) in [5, 5.41) is 11.1. The Balaban J connectivity index is 1.77. The molecule has 0 spiro atoms. The highest BCUT2D eigenvalue weighted by atomic mass is 32.2. The number of fused-ring (bicyclic) bond motifs is 1. The molecule has 1 atom stereocenters. The van der Waals surface area contributed by atoms with E-state index >= 15 is 0 Å². The van der Waals surface area contributed by atoms with Crippen LogP contribution in [0.2, 0.25) is 0 Å². The second kappa shape index (κ2) is 6.37. The number of rotatable bonds is 5. The lowest BCUT2D eigenvalue weighted by Gasteiger charge is -2.14. The van der Waals surface area contributed by atoms with Crippen molar-refractivity contribution in [2.24, 2.45) is 0 Å². The van der Waals surface area contributed by atoms with Crippen molar-refractivity contribution in [3.8, 4) is 11.4 Å². The number of benzene rings is 1.